The van der Waals surface area contributed by atoms with Gasteiger partial charge in [-0.25, -0.2) is 8.42 Å². The molecule has 20 heavy (non-hydrogen) atoms. The van der Waals surface area contributed by atoms with E-state index in [-0.39, 0.29) is 6.04 Å². The highest BCUT2D eigenvalue weighted by atomic mass is 79.9. The fourth-order valence-electron chi connectivity index (χ4n) is 2.19. The number of aryl methyl sites for hydroxylation is 1. The number of rotatable bonds is 8. The molecule has 0 atom stereocenters. The molecule has 0 unspecified atom stereocenters. The molecular formula is C13H22BrNO3S2. The van der Waals surface area contributed by atoms with Crippen LogP contribution in [0.25, 0.3) is 0 Å². The summed E-state index contributed by atoms with van der Waals surface area (Å²) in [5.41, 5.74) is 0. The molecule has 0 radical (unpaired) electrons. The molecule has 0 saturated heterocycles. The number of hydrogen-bond acceptors (Lipinski definition) is 4. The first-order chi connectivity index (χ1) is 9.38. The maximum Gasteiger partial charge on any atom is 0.244 e. The van der Waals surface area contributed by atoms with Gasteiger partial charge in [0.1, 0.15) is 0 Å². The Labute approximate surface area is 134 Å². The third-order valence-electron chi connectivity index (χ3n) is 3.29. The van der Waals surface area contributed by atoms with Crippen molar-refractivity contribution in [3.8, 4) is 0 Å². The lowest BCUT2D eigenvalue weighted by Gasteiger charge is -2.29. The first-order valence-corrected chi connectivity index (χ1v) is 9.70. The van der Waals surface area contributed by atoms with Crippen molar-refractivity contribution in [3.63, 3.8) is 0 Å². The van der Waals surface area contributed by atoms with Gasteiger partial charge < -0.3 is 4.74 Å². The van der Waals surface area contributed by atoms with E-state index in [0.717, 1.165) is 21.5 Å². The minimum Gasteiger partial charge on any atom is -0.383 e. The van der Waals surface area contributed by atoms with E-state index in [9.17, 15) is 8.42 Å². The molecule has 4 nitrogen and oxygen atoms in total. The molecule has 0 aliphatic heterocycles. The number of ether oxygens (including phenoxy) is 1. The van der Waals surface area contributed by atoms with Crippen molar-refractivity contribution < 1.29 is 13.2 Å². The van der Waals surface area contributed by atoms with E-state index >= 15 is 0 Å². The maximum absolute atomic E-state index is 12.9. The maximum atomic E-state index is 12.9. The Morgan fingerprint density at radius 3 is 2.40 bits per heavy atom. The van der Waals surface area contributed by atoms with Crippen molar-refractivity contribution in [2.75, 3.05) is 20.3 Å². The number of halogens is 1. The number of thiophene rings is 1. The van der Waals surface area contributed by atoms with Crippen LogP contribution in [0.2, 0.25) is 0 Å². The zero-order chi connectivity index (χ0) is 15.3. The Bertz CT molecular complexity index is 524. The second-order valence-electron chi connectivity index (χ2n) is 4.55. The predicted molar refractivity (Wildman–Crippen MR) is 86.9 cm³/mol. The Morgan fingerprint density at radius 2 is 2.00 bits per heavy atom. The molecule has 1 aromatic heterocycles. The standard InChI is InChI=1S/C13H22BrNO3S2/c1-5-11(6-2)15(7-8-18-4)20(16,17)12-9-13(14)19-10(12)3/h9,11H,5-8H2,1-4H3. The predicted octanol–water partition coefficient (Wildman–Crippen LogP) is 3.64. The quantitative estimate of drug-likeness (QED) is 0.688. The van der Waals surface area contributed by atoms with E-state index < -0.39 is 10.0 Å². The lowest BCUT2D eigenvalue weighted by atomic mass is 10.2. The highest BCUT2D eigenvalue weighted by Crippen LogP contribution is 2.32. The number of methoxy groups -OCH3 is 1. The van der Waals surface area contributed by atoms with E-state index in [1.54, 1.807) is 17.5 Å². The van der Waals surface area contributed by atoms with Gasteiger partial charge in [-0.05, 0) is 41.8 Å². The molecular weight excluding hydrogens is 362 g/mol. The second-order valence-corrected chi connectivity index (χ2v) is 9.04. The molecule has 0 bridgehead atoms. The number of hydrogen-bond donors (Lipinski definition) is 0. The van der Waals surface area contributed by atoms with Gasteiger partial charge in [0.2, 0.25) is 10.0 Å². The Kier molecular flexibility index (Phi) is 7.14. The molecule has 0 saturated carbocycles. The van der Waals surface area contributed by atoms with E-state index in [1.165, 1.54) is 11.3 Å². The van der Waals surface area contributed by atoms with Crippen molar-refractivity contribution in [1.82, 2.24) is 4.31 Å². The van der Waals surface area contributed by atoms with Crippen LogP contribution >= 0.6 is 27.3 Å². The van der Waals surface area contributed by atoms with Gasteiger partial charge in [0.05, 0.1) is 15.3 Å². The molecule has 1 rings (SSSR count). The number of sulfonamides is 1. The average Bonchev–Trinajstić information content (AvgIpc) is 2.74. The van der Waals surface area contributed by atoms with E-state index in [4.69, 9.17) is 4.74 Å². The molecule has 0 aliphatic carbocycles. The summed E-state index contributed by atoms with van der Waals surface area (Å²) in [5.74, 6) is 0. The monoisotopic (exact) mass is 383 g/mol. The van der Waals surface area contributed by atoms with Gasteiger partial charge in [0, 0.05) is 24.6 Å². The van der Waals surface area contributed by atoms with Gasteiger partial charge in [0.25, 0.3) is 0 Å². The van der Waals surface area contributed by atoms with Crippen LogP contribution in [0.3, 0.4) is 0 Å². The lowest BCUT2D eigenvalue weighted by molar-refractivity contribution is 0.163. The van der Waals surface area contributed by atoms with Gasteiger partial charge in [-0.15, -0.1) is 11.3 Å². The summed E-state index contributed by atoms with van der Waals surface area (Å²) >= 11 is 4.80. The zero-order valence-corrected chi connectivity index (χ0v) is 15.6. The van der Waals surface area contributed by atoms with Crippen LogP contribution in [-0.2, 0) is 14.8 Å². The highest BCUT2D eigenvalue weighted by Gasteiger charge is 2.31. The minimum absolute atomic E-state index is 0.00762. The van der Waals surface area contributed by atoms with E-state index in [1.807, 2.05) is 20.8 Å². The molecule has 0 amide bonds. The Hall–Kier alpha value is 0.0500. The fourth-order valence-corrected chi connectivity index (χ4v) is 6.33. The third-order valence-corrected chi connectivity index (χ3v) is 7.06. The normalized spacial score (nSPS) is 12.6. The topological polar surface area (TPSA) is 46.6 Å². The van der Waals surface area contributed by atoms with Crippen molar-refractivity contribution >= 4 is 37.3 Å². The van der Waals surface area contributed by atoms with Crippen LogP contribution in [-0.4, -0.2) is 39.0 Å². The van der Waals surface area contributed by atoms with Crippen LogP contribution in [0.15, 0.2) is 14.7 Å². The van der Waals surface area contributed by atoms with Gasteiger partial charge in [-0.3, -0.25) is 0 Å². The van der Waals surface area contributed by atoms with E-state index in [2.05, 4.69) is 15.9 Å². The number of nitrogens with zero attached hydrogens (tertiary/aromatic N) is 1. The molecule has 0 N–H and O–H groups in total. The van der Waals surface area contributed by atoms with Crippen molar-refractivity contribution in [1.29, 1.82) is 0 Å². The summed E-state index contributed by atoms with van der Waals surface area (Å²) in [6.45, 7) is 6.65. The van der Waals surface area contributed by atoms with E-state index in [0.29, 0.717) is 18.0 Å². The van der Waals surface area contributed by atoms with Crippen LogP contribution in [0, 0.1) is 6.92 Å². The van der Waals surface area contributed by atoms with Gasteiger partial charge in [0.15, 0.2) is 0 Å². The summed E-state index contributed by atoms with van der Waals surface area (Å²) in [7, 11) is -1.89. The van der Waals surface area contributed by atoms with Gasteiger partial charge >= 0.3 is 0 Å². The highest BCUT2D eigenvalue weighted by molar-refractivity contribution is 9.11. The van der Waals surface area contributed by atoms with Crippen molar-refractivity contribution in [3.05, 3.63) is 14.7 Å². The first kappa shape index (κ1) is 18.1. The van der Waals surface area contributed by atoms with Crippen molar-refractivity contribution in [2.45, 2.75) is 44.6 Å². The smallest absolute Gasteiger partial charge is 0.244 e. The Balaban J connectivity index is 3.19. The van der Waals surface area contributed by atoms with Crippen LogP contribution < -0.4 is 0 Å². The molecule has 116 valence electrons. The van der Waals surface area contributed by atoms with Gasteiger partial charge in [-0.1, -0.05) is 13.8 Å². The minimum atomic E-state index is -3.47. The van der Waals surface area contributed by atoms with Crippen LogP contribution in [0.4, 0.5) is 0 Å². The summed E-state index contributed by atoms with van der Waals surface area (Å²) in [5, 5.41) is 0. The van der Waals surface area contributed by atoms with Gasteiger partial charge in [-0.2, -0.15) is 4.31 Å². The SMILES string of the molecule is CCC(CC)N(CCOC)S(=O)(=O)c1cc(Br)sc1C. The van der Waals surface area contributed by atoms with Crippen LogP contribution in [0.5, 0.6) is 0 Å². The van der Waals surface area contributed by atoms with Crippen molar-refractivity contribution in [2.24, 2.45) is 0 Å². The second kappa shape index (κ2) is 7.89. The molecule has 1 heterocycles. The first-order valence-electron chi connectivity index (χ1n) is 6.65. The molecule has 1 aromatic rings. The molecule has 0 spiro atoms. The summed E-state index contributed by atoms with van der Waals surface area (Å²) in [4.78, 5) is 1.21. The molecule has 0 fully saturated rings. The molecule has 0 aromatic carbocycles. The molecule has 7 heteroatoms. The zero-order valence-electron chi connectivity index (χ0n) is 12.3. The summed E-state index contributed by atoms with van der Waals surface area (Å²) in [6.07, 6.45) is 1.59. The summed E-state index contributed by atoms with van der Waals surface area (Å²) in [6, 6.07) is 1.70. The lowest BCUT2D eigenvalue weighted by Crippen LogP contribution is -2.41. The largest absolute Gasteiger partial charge is 0.383 e. The summed E-state index contributed by atoms with van der Waals surface area (Å²) < 4.78 is 33.3. The third kappa shape index (κ3) is 4.04. The van der Waals surface area contributed by atoms with Crippen LogP contribution in [0.1, 0.15) is 31.6 Å². The fraction of sp³-hybridized carbons (Fsp3) is 0.692. The Morgan fingerprint density at radius 1 is 1.40 bits per heavy atom. The average molecular weight is 384 g/mol. The molecule has 0 aliphatic rings.